The summed E-state index contributed by atoms with van der Waals surface area (Å²) in [6.45, 7) is 6.35. The average molecular weight is 814 g/mol. The van der Waals surface area contributed by atoms with E-state index >= 15 is 0 Å². The van der Waals surface area contributed by atoms with Gasteiger partial charge in [-0.1, -0.05) is 198 Å². The number of hydrogen-bond acceptors (Lipinski definition) is 5. The number of rotatable bonds is 44. The van der Waals surface area contributed by atoms with E-state index in [1.165, 1.54) is 96.3 Å². The zero-order chi connectivity index (χ0) is 42.4. The van der Waals surface area contributed by atoms with Crippen LogP contribution < -0.4 is 5.32 Å². The maximum absolute atomic E-state index is 13.2. The van der Waals surface area contributed by atoms with Crippen LogP contribution in [0.4, 0.5) is 0 Å². The summed E-state index contributed by atoms with van der Waals surface area (Å²) in [4.78, 5) is 26.1. The SMILES string of the molecule is CC/C=C/C/C=C/C/C=C/CCCCCCC(CC(=O)NC(CO)C(O)CCCCCCCCCCCCCC)OC(=O)CCCCC/C=C\CCCCCCCC. The first-order valence-electron chi connectivity index (χ1n) is 24.9. The number of amides is 1. The van der Waals surface area contributed by atoms with E-state index in [0.717, 1.165) is 103 Å². The standard InChI is InChI=1S/C52H95NO5/c1-4-7-10-13-16-19-22-25-27-28-31-34-37-40-43-48(58-52(57)45-42-39-36-33-30-26-23-20-17-14-11-8-5-2)46-51(56)53-49(47-54)50(55)44-41-38-35-32-29-24-21-18-15-12-9-6-3/h7,10,16,19,25-27,30,48-50,54-55H,4-6,8-9,11-15,17-18,20-24,28-29,31-47H2,1-3H3,(H,53,56)/b10-7+,19-16+,27-25+,30-26-. The molecule has 0 bridgehead atoms. The fourth-order valence-corrected chi connectivity index (χ4v) is 7.38. The molecule has 3 atom stereocenters. The molecule has 338 valence electrons. The molecule has 3 unspecified atom stereocenters. The van der Waals surface area contributed by atoms with Crippen LogP contribution in [0.15, 0.2) is 48.6 Å². The molecule has 0 radical (unpaired) electrons. The Morgan fingerprint density at radius 1 is 0.517 bits per heavy atom. The molecule has 0 saturated heterocycles. The Morgan fingerprint density at radius 3 is 1.43 bits per heavy atom. The smallest absolute Gasteiger partial charge is 0.306 e. The van der Waals surface area contributed by atoms with Crippen molar-refractivity contribution in [3.8, 4) is 0 Å². The van der Waals surface area contributed by atoms with Gasteiger partial charge in [-0.2, -0.15) is 0 Å². The van der Waals surface area contributed by atoms with Crippen LogP contribution in [0.1, 0.15) is 245 Å². The van der Waals surface area contributed by atoms with Gasteiger partial charge in [0.1, 0.15) is 6.10 Å². The number of ether oxygens (including phenoxy) is 1. The van der Waals surface area contributed by atoms with E-state index < -0.39 is 18.2 Å². The van der Waals surface area contributed by atoms with E-state index in [9.17, 15) is 19.8 Å². The second kappa shape index (κ2) is 45.9. The first-order valence-corrected chi connectivity index (χ1v) is 24.9. The first kappa shape index (κ1) is 55.8. The number of carbonyl (C=O) groups is 2. The minimum absolute atomic E-state index is 0.0570. The van der Waals surface area contributed by atoms with Crippen LogP contribution in [0.3, 0.4) is 0 Å². The Morgan fingerprint density at radius 2 is 0.931 bits per heavy atom. The molecule has 0 aliphatic heterocycles. The van der Waals surface area contributed by atoms with E-state index in [0.29, 0.717) is 19.3 Å². The zero-order valence-corrected chi connectivity index (χ0v) is 38.4. The molecule has 0 rings (SSSR count). The van der Waals surface area contributed by atoms with E-state index in [-0.39, 0.29) is 24.9 Å². The van der Waals surface area contributed by atoms with Crippen molar-refractivity contribution >= 4 is 11.9 Å². The maximum atomic E-state index is 13.2. The first-order chi connectivity index (χ1) is 28.5. The van der Waals surface area contributed by atoms with Crippen LogP contribution >= 0.6 is 0 Å². The van der Waals surface area contributed by atoms with Crippen LogP contribution in [-0.4, -0.2) is 46.9 Å². The number of allylic oxidation sites excluding steroid dienone is 8. The Balaban J connectivity index is 4.65. The van der Waals surface area contributed by atoms with E-state index in [1.54, 1.807) is 0 Å². The Kier molecular flexibility index (Phi) is 44.2. The van der Waals surface area contributed by atoms with Crippen LogP contribution in [0, 0.1) is 0 Å². The molecular formula is C52H95NO5. The fourth-order valence-electron chi connectivity index (χ4n) is 7.38. The Hall–Kier alpha value is -2.18. The fraction of sp³-hybridized carbons (Fsp3) is 0.808. The highest BCUT2D eigenvalue weighted by Crippen LogP contribution is 2.17. The second-order valence-electron chi connectivity index (χ2n) is 16.8. The molecule has 0 aromatic heterocycles. The number of unbranched alkanes of at least 4 members (excludes halogenated alkanes) is 24. The summed E-state index contributed by atoms with van der Waals surface area (Å²) < 4.78 is 5.91. The predicted molar refractivity (Wildman–Crippen MR) is 250 cm³/mol. The van der Waals surface area contributed by atoms with Crippen LogP contribution in [0.5, 0.6) is 0 Å². The van der Waals surface area contributed by atoms with E-state index in [4.69, 9.17) is 4.74 Å². The van der Waals surface area contributed by atoms with Gasteiger partial charge in [0.15, 0.2) is 0 Å². The average Bonchev–Trinajstić information content (AvgIpc) is 3.22. The number of aliphatic hydroxyl groups is 2. The van der Waals surface area contributed by atoms with Crippen molar-refractivity contribution in [2.75, 3.05) is 6.61 Å². The Bertz CT molecular complexity index is 1000. The molecule has 1 amide bonds. The third-order valence-electron chi connectivity index (χ3n) is 11.1. The van der Waals surface area contributed by atoms with E-state index in [1.807, 2.05) is 0 Å². The largest absolute Gasteiger partial charge is 0.462 e. The topological polar surface area (TPSA) is 95.9 Å². The molecule has 0 saturated carbocycles. The molecule has 0 aliphatic rings. The number of hydrogen-bond donors (Lipinski definition) is 3. The van der Waals surface area contributed by atoms with Gasteiger partial charge in [0.05, 0.1) is 25.2 Å². The second-order valence-corrected chi connectivity index (χ2v) is 16.8. The minimum atomic E-state index is -0.795. The van der Waals surface area contributed by atoms with Gasteiger partial charge < -0.3 is 20.3 Å². The van der Waals surface area contributed by atoms with Crippen LogP contribution in [0.25, 0.3) is 0 Å². The zero-order valence-electron chi connectivity index (χ0n) is 38.4. The molecule has 0 heterocycles. The van der Waals surface area contributed by atoms with Crippen molar-refractivity contribution in [3.63, 3.8) is 0 Å². The molecule has 0 spiro atoms. The molecule has 6 heteroatoms. The highest BCUT2D eigenvalue weighted by Gasteiger charge is 2.24. The van der Waals surface area contributed by atoms with Crippen molar-refractivity contribution in [1.29, 1.82) is 0 Å². The van der Waals surface area contributed by atoms with Gasteiger partial charge in [-0.15, -0.1) is 0 Å². The van der Waals surface area contributed by atoms with Crippen molar-refractivity contribution < 1.29 is 24.5 Å². The minimum Gasteiger partial charge on any atom is -0.462 e. The summed E-state index contributed by atoms with van der Waals surface area (Å²) in [6.07, 6.45) is 54.5. The third kappa shape index (κ3) is 40.6. The normalized spacial score (nSPS) is 13.7. The number of aliphatic hydroxyl groups excluding tert-OH is 2. The lowest BCUT2D eigenvalue weighted by molar-refractivity contribution is -0.151. The molecule has 0 fully saturated rings. The molecule has 58 heavy (non-hydrogen) atoms. The lowest BCUT2D eigenvalue weighted by Crippen LogP contribution is -2.46. The predicted octanol–water partition coefficient (Wildman–Crippen LogP) is 14.7. The Labute approximate surface area is 359 Å². The number of carbonyl (C=O) groups excluding carboxylic acids is 2. The molecule has 0 aromatic rings. The highest BCUT2D eigenvalue weighted by atomic mass is 16.5. The molecule has 0 aliphatic carbocycles. The van der Waals surface area contributed by atoms with Crippen molar-refractivity contribution in [2.45, 2.75) is 264 Å². The summed E-state index contributed by atoms with van der Waals surface area (Å²) in [5.41, 5.74) is 0. The molecular weight excluding hydrogens is 719 g/mol. The number of nitrogens with one attached hydrogen (secondary N) is 1. The molecule has 3 N–H and O–H groups in total. The number of esters is 1. The van der Waals surface area contributed by atoms with Gasteiger partial charge in [0.25, 0.3) is 0 Å². The summed E-state index contributed by atoms with van der Waals surface area (Å²) >= 11 is 0. The van der Waals surface area contributed by atoms with Crippen LogP contribution in [0.2, 0.25) is 0 Å². The summed E-state index contributed by atoms with van der Waals surface area (Å²) in [6, 6.07) is -0.710. The van der Waals surface area contributed by atoms with Crippen molar-refractivity contribution in [3.05, 3.63) is 48.6 Å². The monoisotopic (exact) mass is 814 g/mol. The molecule has 0 aromatic carbocycles. The van der Waals surface area contributed by atoms with Crippen LogP contribution in [-0.2, 0) is 14.3 Å². The summed E-state index contributed by atoms with van der Waals surface area (Å²) in [5.74, 6) is -0.512. The third-order valence-corrected chi connectivity index (χ3v) is 11.1. The van der Waals surface area contributed by atoms with Gasteiger partial charge in [-0.3, -0.25) is 9.59 Å². The lowest BCUT2D eigenvalue weighted by Gasteiger charge is -2.24. The van der Waals surface area contributed by atoms with Crippen molar-refractivity contribution in [1.82, 2.24) is 5.32 Å². The van der Waals surface area contributed by atoms with Gasteiger partial charge in [-0.25, -0.2) is 0 Å². The van der Waals surface area contributed by atoms with Gasteiger partial charge in [0, 0.05) is 6.42 Å². The van der Waals surface area contributed by atoms with Gasteiger partial charge >= 0.3 is 5.97 Å². The van der Waals surface area contributed by atoms with Crippen molar-refractivity contribution in [2.24, 2.45) is 0 Å². The van der Waals surface area contributed by atoms with Gasteiger partial charge in [0.2, 0.25) is 5.91 Å². The van der Waals surface area contributed by atoms with Gasteiger partial charge in [-0.05, 0) is 83.5 Å². The highest BCUT2D eigenvalue weighted by molar-refractivity contribution is 5.77. The quantitative estimate of drug-likeness (QED) is 0.0323. The lowest BCUT2D eigenvalue weighted by atomic mass is 10.0. The maximum Gasteiger partial charge on any atom is 0.306 e. The molecule has 6 nitrogen and oxygen atoms in total. The van der Waals surface area contributed by atoms with E-state index in [2.05, 4.69) is 74.7 Å². The summed E-state index contributed by atoms with van der Waals surface area (Å²) in [5, 5.41) is 23.7. The summed E-state index contributed by atoms with van der Waals surface area (Å²) in [7, 11) is 0.